The molecule has 0 amide bonds. The summed E-state index contributed by atoms with van der Waals surface area (Å²) in [5, 5.41) is 0. The summed E-state index contributed by atoms with van der Waals surface area (Å²) in [4.78, 5) is 4.92. The van der Waals surface area contributed by atoms with Gasteiger partial charge in [0.25, 0.3) is 0 Å². The molecule has 1 saturated heterocycles. The minimum absolute atomic E-state index is 0.610. The molecular formula is C15H24N2. The van der Waals surface area contributed by atoms with Gasteiger partial charge in [-0.3, -0.25) is 0 Å². The first-order valence-corrected chi connectivity index (χ1v) is 6.63. The lowest BCUT2D eigenvalue weighted by Gasteiger charge is -2.39. The third-order valence-corrected chi connectivity index (χ3v) is 3.72. The van der Waals surface area contributed by atoms with E-state index in [0.717, 1.165) is 19.6 Å². The molecule has 94 valence electrons. The van der Waals surface area contributed by atoms with Crippen molar-refractivity contribution in [2.24, 2.45) is 0 Å². The van der Waals surface area contributed by atoms with Crippen molar-refractivity contribution in [2.75, 3.05) is 31.6 Å². The zero-order valence-electron chi connectivity index (χ0n) is 11.5. The molecular weight excluding hydrogens is 208 g/mol. The lowest BCUT2D eigenvalue weighted by Crippen LogP contribution is -2.50. The van der Waals surface area contributed by atoms with Crippen molar-refractivity contribution in [3.8, 4) is 0 Å². The van der Waals surface area contributed by atoms with Gasteiger partial charge in [0.15, 0.2) is 0 Å². The molecule has 0 aromatic heterocycles. The Morgan fingerprint density at radius 3 is 2.29 bits per heavy atom. The number of rotatable bonds is 2. The molecule has 2 rings (SSSR count). The van der Waals surface area contributed by atoms with Gasteiger partial charge in [0, 0.05) is 31.4 Å². The van der Waals surface area contributed by atoms with Crippen molar-refractivity contribution in [2.45, 2.75) is 32.7 Å². The highest BCUT2D eigenvalue weighted by molar-refractivity contribution is 5.49. The van der Waals surface area contributed by atoms with Crippen LogP contribution in [-0.4, -0.2) is 37.6 Å². The summed E-state index contributed by atoms with van der Waals surface area (Å²) in [6.45, 7) is 10.3. The lowest BCUT2D eigenvalue weighted by molar-refractivity contribution is 0.275. The van der Waals surface area contributed by atoms with Crippen LogP contribution in [0.1, 0.15) is 32.3 Å². The van der Waals surface area contributed by atoms with Crippen molar-refractivity contribution >= 4 is 5.69 Å². The molecule has 0 radical (unpaired) electrons. The minimum atomic E-state index is 0.610. The smallest absolute Gasteiger partial charge is 0.0389 e. The molecule has 0 N–H and O–H groups in total. The molecule has 2 heteroatoms. The number of anilines is 1. The Balaban J connectivity index is 2.11. The highest BCUT2D eigenvalue weighted by Gasteiger charge is 2.21. The standard InChI is InChI=1S/C15H24N2/c1-12(2)14-5-7-15(8-6-14)17-10-9-16(4)11-13(17)3/h5-8,12-13H,9-11H2,1-4H3/t13-/m0/s1. The van der Waals surface area contributed by atoms with E-state index in [4.69, 9.17) is 0 Å². The summed E-state index contributed by atoms with van der Waals surface area (Å²) in [5.41, 5.74) is 2.80. The van der Waals surface area contributed by atoms with Crippen molar-refractivity contribution in [1.29, 1.82) is 0 Å². The van der Waals surface area contributed by atoms with E-state index in [-0.39, 0.29) is 0 Å². The van der Waals surface area contributed by atoms with Crippen LogP contribution in [0.4, 0.5) is 5.69 Å². The van der Waals surface area contributed by atoms with Gasteiger partial charge in [0.2, 0.25) is 0 Å². The van der Waals surface area contributed by atoms with Crippen LogP contribution in [0.15, 0.2) is 24.3 Å². The molecule has 1 atom stereocenters. The molecule has 0 spiro atoms. The van der Waals surface area contributed by atoms with Gasteiger partial charge in [-0.2, -0.15) is 0 Å². The van der Waals surface area contributed by atoms with Crippen LogP contribution >= 0.6 is 0 Å². The fraction of sp³-hybridized carbons (Fsp3) is 0.600. The molecule has 1 aliphatic rings. The zero-order valence-corrected chi connectivity index (χ0v) is 11.5. The highest BCUT2D eigenvalue weighted by atomic mass is 15.3. The van der Waals surface area contributed by atoms with E-state index in [1.807, 2.05) is 0 Å². The normalized spacial score (nSPS) is 22.2. The number of nitrogens with zero attached hydrogens (tertiary/aromatic N) is 2. The van der Waals surface area contributed by atoms with E-state index in [9.17, 15) is 0 Å². The highest BCUT2D eigenvalue weighted by Crippen LogP contribution is 2.23. The molecule has 1 aromatic rings. The zero-order chi connectivity index (χ0) is 12.4. The topological polar surface area (TPSA) is 6.48 Å². The summed E-state index contributed by atoms with van der Waals surface area (Å²) in [6, 6.07) is 9.70. The Labute approximate surface area is 105 Å². The average molecular weight is 232 g/mol. The monoisotopic (exact) mass is 232 g/mol. The van der Waals surface area contributed by atoms with Gasteiger partial charge < -0.3 is 9.80 Å². The van der Waals surface area contributed by atoms with Crippen molar-refractivity contribution in [3.63, 3.8) is 0 Å². The maximum Gasteiger partial charge on any atom is 0.0389 e. The van der Waals surface area contributed by atoms with Crippen LogP contribution in [0.5, 0.6) is 0 Å². The van der Waals surface area contributed by atoms with Crippen LogP contribution in [0.3, 0.4) is 0 Å². The third kappa shape index (κ3) is 2.81. The van der Waals surface area contributed by atoms with Crippen LogP contribution in [-0.2, 0) is 0 Å². The molecule has 1 aliphatic heterocycles. The van der Waals surface area contributed by atoms with Gasteiger partial charge in [-0.05, 0) is 37.6 Å². The fourth-order valence-corrected chi connectivity index (χ4v) is 2.57. The summed E-state index contributed by atoms with van der Waals surface area (Å²) in [5.74, 6) is 0.619. The Bertz CT molecular complexity index is 356. The van der Waals surface area contributed by atoms with Gasteiger partial charge in [-0.15, -0.1) is 0 Å². The molecule has 2 nitrogen and oxygen atoms in total. The molecule has 1 fully saturated rings. The molecule has 0 saturated carbocycles. The predicted octanol–water partition coefficient (Wildman–Crippen LogP) is 2.95. The van der Waals surface area contributed by atoms with Gasteiger partial charge >= 0.3 is 0 Å². The third-order valence-electron chi connectivity index (χ3n) is 3.72. The Morgan fingerprint density at radius 2 is 1.76 bits per heavy atom. The Kier molecular flexibility index (Phi) is 3.72. The van der Waals surface area contributed by atoms with E-state index in [1.165, 1.54) is 11.3 Å². The number of benzene rings is 1. The van der Waals surface area contributed by atoms with Crippen LogP contribution < -0.4 is 4.90 Å². The number of hydrogen-bond acceptors (Lipinski definition) is 2. The average Bonchev–Trinajstić information content (AvgIpc) is 2.29. The quantitative estimate of drug-likeness (QED) is 0.773. The summed E-state index contributed by atoms with van der Waals surface area (Å²) < 4.78 is 0. The predicted molar refractivity (Wildman–Crippen MR) is 74.8 cm³/mol. The van der Waals surface area contributed by atoms with E-state index in [0.29, 0.717) is 12.0 Å². The summed E-state index contributed by atoms with van der Waals surface area (Å²) in [6.07, 6.45) is 0. The van der Waals surface area contributed by atoms with Crippen LogP contribution in [0.2, 0.25) is 0 Å². The SMILES string of the molecule is CC(C)c1ccc(N2CCN(C)C[C@@H]2C)cc1. The first-order valence-electron chi connectivity index (χ1n) is 6.63. The van der Waals surface area contributed by atoms with Crippen molar-refractivity contribution in [3.05, 3.63) is 29.8 Å². The van der Waals surface area contributed by atoms with Crippen molar-refractivity contribution in [1.82, 2.24) is 4.90 Å². The molecule has 0 aliphatic carbocycles. The van der Waals surface area contributed by atoms with Gasteiger partial charge in [-0.25, -0.2) is 0 Å². The van der Waals surface area contributed by atoms with E-state index >= 15 is 0 Å². The fourth-order valence-electron chi connectivity index (χ4n) is 2.57. The molecule has 0 bridgehead atoms. The second-order valence-electron chi connectivity index (χ2n) is 5.55. The Hall–Kier alpha value is -1.02. The number of piperazine rings is 1. The van der Waals surface area contributed by atoms with Gasteiger partial charge in [0.05, 0.1) is 0 Å². The van der Waals surface area contributed by atoms with Crippen LogP contribution in [0, 0.1) is 0 Å². The summed E-state index contributed by atoms with van der Waals surface area (Å²) >= 11 is 0. The molecule has 1 heterocycles. The first-order chi connectivity index (χ1) is 8.08. The molecule has 0 unspecified atom stereocenters. The first kappa shape index (κ1) is 12.4. The van der Waals surface area contributed by atoms with Gasteiger partial charge in [0.1, 0.15) is 0 Å². The molecule has 1 aromatic carbocycles. The van der Waals surface area contributed by atoms with E-state index in [1.54, 1.807) is 0 Å². The Morgan fingerprint density at radius 1 is 1.12 bits per heavy atom. The lowest BCUT2D eigenvalue weighted by atomic mass is 10.0. The van der Waals surface area contributed by atoms with Gasteiger partial charge in [-0.1, -0.05) is 26.0 Å². The second-order valence-corrected chi connectivity index (χ2v) is 5.55. The number of likely N-dealkylation sites (N-methyl/N-ethyl adjacent to an activating group) is 1. The maximum atomic E-state index is 2.52. The summed E-state index contributed by atoms with van der Waals surface area (Å²) in [7, 11) is 2.20. The maximum absolute atomic E-state index is 2.52. The van der Waals surface area contributed by atoms with E-state index < -0.39 is 0 Å². The second kappa shape index (κ2) is 5.09. The van der Waals surface area contributed by atoms with Crippen LogP contribution in [0.25, 0.3) is 0 Å². The number of hydrogen-bond donors (Lipinski definition) is 0. The largest absolute Gasteiger partial charge is 0.366 e. The van der Waals surface area contributed by atoms with Crippen molar-refractivity contribution < 1.29 is 0 Å². The van der Waals surface area contributed by atoms with E-state index in [2.05, 4.69) is 61.9 Å². The minimum Gasteiger partial charge on any atom is -0.366 e. The molecule has 17 heavy (non-hydrogen) atoms.